The van der Waals surface area contributed by atoms with Gasteiger partial charge in [0.05, 0.1) is 21.6 Å². The maximum Gasteiger partial charge on any atom is 0.418 e. The van der Waals surface area contributed by atoms with E-state index in [9.17, 15) is 13.2 Å². The normalized spacial score (nSPS) is 11.9. The van der Waals surface area contributed by atoms with Crippen molar-refractivity contribution in [3.05, 3.63) is 70.5 Å². The molecule has 0 saturated carbocycles. The number of hydrogen-bond donors (Lipinski definition) is 0. The number of halogens is 5. The zero-order chi connectivity index (χ0) is 19.2. The van der Waals surface area contributed by atoms with Gasteiger partial charge in [-0.3, -0.25) is 9.55 Å². The highest BCUT2D eigenvalue weighted by molar-refractivity contribution is 6.41. The molecule has 0 saturated heterocycles. The molecule has 4 rings (SSSR count). The Bertz CT molecular complexity index is 1140. The van der Waals surface area contributed by atoms with E-state index in [4.69, 9.17) is 23.2 Å². The zero-order valence-electron chi connectivity index (χ0n) is 13.4. The minimum Gasteiger partial charge on any atom is -0.275 e. The van der Waals surface area contributed by atoms with E-state index in [1.54, 1.807) is 48.7 Å². The van der Waals surface area contributed by atoms with E-state index in [2.05, 4.69) is 15.0 Å². The SMILES string of the molecule is FC(F)(F)c1cc(-n2c(-c3ccccn3)nc3ccccc32)nc(Cl)c1Cl. The third-order valence-corrected chi connectivity index (χ3v) is 4.65. The Morgan fingerprint density at radius 3 is 2.37 bits per heavy atom. The molecule has 0 radical (unpaired) electrons. The van der Waals surface area contributed by atoms with Crippen LogP contribution in [0.4, 0.5) is 13.2 Å². The molecule has 0 aliphatic heterocycles. The molecular weight excluding hydrogens is 400 g/mol. The van der Waals surface area contributed by atoms with Crippen LogP contribution in [0, 0.1) is 0 Å². The van der Waals surface area contributed by atoms with E-state index in [1.165, 1.54) is 4.57 Å². The van der Waals surface area contributed by atoms with Crippen LogP contribution in [0.1, 0.15) is 5.56 Å². The standard InChI is InChI=1S/C18H9Cl2F3N4/c19-15-10(18(21,22)23)9-14(26-16(15)20)27-13-7-2-1-5-11(13)25-17(27)12-6-3-4-8-24-12/h1-9H. The van der Waals surface area contributed by atoms with Gasteiger partial charge in [0.15, 0.2) is 11.0 Å². The number of imidazole rings is 1. The monoisotopic (exact) mass is 408 g/mol. The molecule has 0 aliphatic carbocycles. The Morgan fingerprint density at radius 2 is 1.67 bits per heavy atom. The molecule has 3 aromatic heterocycles. The van der Waals surface area contributed by atoms with Crippen LogP contribution in [0.5, 0.6) is 0 Å². The number of alkyl halides is 3. The first kappa shape index (κ1) is 17.8. The first-order valence-corrected chi connectivity index (χ1v) is 8.44. The Labute approximate surface area is 161 Å². The summed E-state index contributed by atoms with van der Waals surface area (Å²) in [4.78, 5) is 12.8. The molecular formula is C18H9Cl2F3N4. The summed E-state index contributed by atoms with van der Waals surface area (Å²) < 4.78 is 41.6. The predicted octanol–water partition coefficient (Wildman–Crippen LogP) is 5.81. The average Bonchev–Trinajstić information content (AvgIpc) is 3.03. The number of nitrogens with zero attached hydrogens (tertiary/aromatic N) is 4. The lowest BCUT2D eigenvalue weighted by Gasteiger charge is -2.14. The summed E-state index contributed by atoms with van der Waals surface area (Å²) in [5.41, 5.74) is 0.566. The van der Waals surface area contributed by atoms with Gasteiger partial charge in [-0.1, -0.05) is 41.4 Å². The molecule has 4 aromatic rings. The van der Waals surface area contributed by atoms with Crippen LogP contribution in [0.25, 0.3) is 28.4 Å². The van der Waals surface area contributed by atoms with Gasteiger partial charge in [0.2, 0.25) is 0 Å². The van der Waals surface area contributed by atoms with E-state index in [1.807, 2.05) is 0 Å². The summed E-state index contributed by atoms with van der Waals surface area (Å²) in [6.45, 7) is 0. The van der Waals surface area contributed by atoms with Crippen molar-refractivity contribution < 1.29 is 13.2 Å². The largest absolute Gasteiger partial charge is 0.418 e. The van der Waals surface area contributed by atoms with Crippen molar-refractivity contribution in [3.63, 3.8) is 0 Å². The highest BCUT2D eigenvalue weighted by Gasteiger charge is 2.35. The Kier molecular flexibility index (Phi) is 4.28. The first-order valence-electron chi connectivity index (χ1n) is 7.69. The van der Waals surface area contributed by atoms with E-state index >= 15 is 0 Å². The second-order valence-electron chi connectivity index (χ2n) is 5.61. The molecule has 9 heteroatoms. The molecule has 136 valence electrons. The molecule has 0 fully saturated rings. The fourth-order valence-electron chi connectivity index (χ4n) is 2.73. The van der Waals surface area contributed by atoms with Crippen molar-refractivity contribution in [2.75, 3.05) is 0 Å². The molecule has 4 nitrogen and oxygen atoms in total. The van der Waals surface area contributed by atoms with E-state index in [0.717, 1.165) is 6.07 Å². The van der Waals surface area contributed by atoms with Crippen LogP contribution in [-0.4, -0.2) is 19.5 Å². The number of fused-ring (bicyclic) bond motifs is 1. The minimum absolute atomic E-state index is 0.0499. The zero-order valence-corrected chi connectivity index (χ0v) is 14.9. The summed E-state index contributed by atoms with van der Waals surface area (Å²) >= 11 is 11.6. The van der Waals surface area contributed by atoms with Gasteiger partial charge < -0.3 is 0 Å². The number of para-hydroxylation sites is 2. The summed E-state index contributed by atoms with van der Waals surface area (Å²) in [5, 5.41) is -1.08. The van der Waals surface area contributed by atoms with Gasteiger partial charge in [0.1, 0.15) is 11.5 Å². The van der Waals surface area contributed by atoms with Crippen LogP contribution in [0.3, 0.4) is 0 Å². The lowest BCUT2D eigenvalue weighted by molar-refractivity contribution is -0.137. The van der Waals surface area contributed by atoms with Crippen LogP contribution >= 0.6 is 23.2 Å². The molecule has 0 aliphatic rings. The minimum atomic E-state index is -4.68. The molecule has 0 amide bonds. The molecule has 3 heterocycles. The quantitative estimate of drug-likeness (QED) is 0.393. The van der Waals surface area contributed by atoms with Crippen LogP contribution in [0.15, 0.2) is 54.7 Å². The van der Waals surface area contributed by atoms with Crippen LogP contribution in [-0.2, 0) is 6.18 Å². The van der Waals surface area contributed by atoms with Crippen molar-refractivity contribution in [1.29, 1.82) is 0 Å². The summed E-state index contributed by atoms with van der Waals surface area (Å²) in [6.07, 6.45) is -3.11. The van der Waals surface area contributed by atoms with Crippen molar-refractivity contribution >= 4 is 34.2 Å². The number of benzene rings is 1. The molecule has 0 atom stereocenters. The van der Waals surface area contributed by atoms with Gasteiger partial charge in [-0.2, -0.15) is 13.2 Å². The Morgan fingerprint density at radius 1 is 0.926 bits per heavy atom. The molecule has 0 N–H and O–H groups in total. The predicted molar refractivity (Wildman–Crippen MR) is 97.1 cm³/mol. The summed E-state index contributed by atoms with van der Waals surface area (Å²) in [5.74, 6) is 0.293. The number of rotatable bonds is 2. The number of pyridine rings is 2. The second-order valence-corrected chi connectivity index (χ2v) is 6.34. The number of hydrogen-bond acceptors (Lipinski definition) is 3. The smallest absolute Gasteiger partial charge is 0.275 e. The fraction of sp³-hybridized carbons (Fsp3) is 0.0556. The van der Waals surface area contributed by atoms with Crippen LogP contribution < -0.4 is 0 Å². The summed E-state index contributed by atoms with van der Waals surface area (Å²) in [7, 11) is 0. The third-order valence-electron chi connectivity index (χ3n) is 3.89. The maximum absolute atomic E-state index is 13.4. The van der Waals surface area contributed by atoms with Crippen molar-refractivity contribution in [2.45, 2.75) is 6.18 Å². The van der Waals surface area contributed by atoms with Gasteiger partial charge >= 0.3 is 6.18 Å². The van der Waals surface area contributed by atoms with Gasteiger partial charge in [-0.05, 0) is 30.3 Å². The van der Waals surface area contributed by atoms with E-state index in [-0.39, 0.29) is 5.82 Å². The van der Waals surface area contributed by atoms with Crippen molar-refractivity contribution in [3.8, 4) is 17.3 Å². The van der Waals surface area contributed by atoms with Gasteiger partial charge in [0.25, 0.3) is 0 Å². The van der Waals surface area contributed by atoms with Gasteiger partial charge in [-0.15, -0.1) is 0 Å². The summed E-state index contributed by atoms with van der Waals surface area (Å²) in [6, 6.07) is 13.1. The van der Waals surface area contributed by atoms with Crippen molar-refractivity contribution in [2.24, 2.45) is 0 Å². The highest BCUT2D eigenvalue weighted by atomic mass is 35.5. The maximum atomic E-state index is 13.4. The molecule has 0 bridgehead atoms. The lowest BCUT2D eigenvalue weighted by atomic mass is 10.2. The average molecular weight is 409 g/mol. The third kappa shape index (κ3) is 3.13. The van der Waals surface area contributed by atoms with Crippen molar-refractivity contribution in [1.82, 2.24) is 19.5 Å². The Balaban J connectivity index is 2.06. The molecule has 27 heavy (non-hydrogen) atoms. The fourth-order valence-corrected chi connectivity index (χ4v) is 3.12. The van der Waals surface area contributed by atoms with E-state index in [0.29, 0.717) is 22.6 Å². The molecule has 1 aromatic carbocycles. The second kappa shape index (κ2) is 6.51. The lowest BCUT2D eigenvalue weighted by Crippen LogP contribution is -2.10. The highest BCUT2D eigenvalue weighted by Crippen LogP contribution is 2.39. The van der Waals surface area contributed by atoms with Gasteiger partial charge in [-0.25, -0.2) is 9.97 Å². The number of aromatic nitrogens is 4. The van der Waals surface area contributed by atoms with Gasteiger partial charge in [0, 0.05) is 6.20 Å². The molecule has 0 unspecified atom stereocenters. The Hall–Kier alpha value is -2.64. The van der Waals surface area contributed by atoms with E-state index < -0.39 is 21.9 Å². The first-order chi connectivity index (χ1) is 12.9. The van der Waals surface area contributed by atoms with Crippen LogP contribution in [0.2, 0.25) is 10.2 Å². The molecule has 0 spiro atoms. The topological polar surface area (TPSA) is 43.6 Å².